The number of carboxylic acids is 2. The minimum Gasteiger partial charge on any atom is -0.481 e. The summed E-state index contributed by atoms with van der Waals surface area (Å²) in [6, 6.07) is 3.89. The van der Waals surface area contributed by atoms with Gasteiger partial charge in [-0.1, -0.05) is 13.8 Å². The van der Waals surface area contributed by atoms with Crippen LogP contribution in [0.5, 0.6) is 0 Å². The summed E-state index contributed by atoms with van der Waals surface area (Å²) >= 11 is 0. The molecule has 0 fully saturated rings. The summed E-state index contributed by atoms with van der Waals surface area (Å²) in [7, 11) is 0. The Balaban J connectivity index is 0. The number of carboxylic acid groups (broad SMARTS) is 2. The average molecular weight is 243 g/mol. The maximum absolute atomic E-state index is 9.60. The van der Waals surface area contributed by atoms with Crippen LogP contribution in [0.2, 0.25) is 0 Å². The molecule has 1 aromatic heterocycles. The van der Waals surface area contributed by atoms with Crippen LogP contribution in [0.25, 0.3) is 0 Å². The van der Waals surface area contributed by atoms with Crippen LogP contribution in [0.1, 0.15) is 39.5 Å². The van der Waals surface area contributed by atoms with Crippen molar-refractivity contribution in [1.82, 2.24) is 4.98 Å². The van der Waals surface area contributed by atoms with Crippen LogP contribution < -0.4 is 0 Å². The van der Waals surface area contributed by atoms with Gasteiger partial charge >= 0.3 is 11.9 Å². The van der Waals surface area contributed by atoms with Crippen LogP contribution in [0.15, 0.2) is 24.5 Å². The molecule has 0 aliphatic carbocycles. The molecule has 0 bridgehead atoms. The number of aromatic amines is 1. The predicted molar refractivity (Wildman–Crippen MR) is 65.9 cm³/mol. The summed E-state index contributed by atoms with van der Waals surface area (Å²) in [5.41, 5.74) is 0. The molecular formula is C12H21NO4. The van der Waals surface area contributed by atoms with Crippen molar-refractivity contribution in [3.05, 3.63) is 24.5 Å². The zero-order valence-corrected chi connectivity index (χ0v) is 10.3. The number of aliphatic carboxylic acids is 2. The van der Waals surface area contributed by atoms with Gasteiger partial charge in [-0.2, -0.15) is 0 Å². The topological polar surface area (TPSA) is 90.4 Å². The highest BCUT2D eigenvalue weighted by atomic mass is 16.4. The summed E-state index contributed by atoms with van der Waals surface area (Å²) in [6.07, 6.45) is 5.80. The maximum atomic E-state index is 9.60. The van der Waals surface area contributed by atoms with Gasteiger partial charge in [-0.25, -0.2) is 0 Å². The highest BCUT2D eigenvalue weighted by molar-refractivity contribution is 5.66. The number of carbonyl (C=O) groups is 2. The molecule has 0 amide bonds. The lowest BCUT2D eigenvalue weighted by Crippen LogP contribution is -1.90. The fraction of sp³-hybridized carbons (Fsp3) is 0.500. The van der Waals surface area contributed by atoms with Gasteiger partial charge in [0.2, 0.25) is 0 Å². The first-order valence-electron chi connectivity index (χ1n) is 5.55. The van der Waals surface area contributed by atoms with E-state index in [1.165, 1.54) is 0 Å². The van der Waals surface area contributed by atoms with E-state index in [4.69, 9.17) is 10.2 Å². The number of rotatable bonds is 4. The molecule has 1 rings (SSSR count). The van der Waals surface area contributed by atoms with Gasteiger partial charge in [-0.05, 0) is 25.0 Å². The molecule has 0 unspecified atom stereocenters. The molecule has 0 aliphatic rings. The van der Waals surface area contributed by atoms with E-state index >= 15 is 0 Å². The summed E-state index contributed by atoms with van der Waals surface area (Å²) in [5.74, 6) is -1.42. The van der Waals surface area contributed by atoms with E-state index in [9.17, 15) is 9.59 Å². The minimum absolute atomic E-state index is 0.292. The van der Waals surface area contributed by atoms with Gasteiger partial charge in [0.05, 0.1) is 0 Å². The van der Waals surface area contributed by atoms with Crippen LogP contribution in [0.3, 0.4) is 0 Å². The lowest BCUT2D eigenvalue weighted by atomic mass is 10.4. The minimum atomic E-state index is -0.711. The second kappa shape index (κ2) is 14.2. The van der Waals surface area contributed by atoms with E-state index < -0.39 is 11.9 Å². The third-order valence-electron chi connectivity index (χ3n) is 1.42. The van der Waals surface area contributed by atoms with E-state index in [-0.39, 0.29) is 0 Å². The molecule has 1 aromatic rings. The fourth-order valence-corrected chi connectivity index (χ4v) is 0.706. The highest BCUT2D eigenvalue weighted by Crippen LogP contribution is 1.82. The van der Waals surface area contributed by atoms with E-state index in [1.807, 2.05) is 38.4 Å². The summed E-state index contributed by atoms with van der Waals surface area (Å²) in [4.78, 5) is 22.1. The normalized spacial score (nSPS) is 8.12. The zero-order valence-electron chi connectivity index (χ0n) is 10.3. The van der Waals surface area contributed by atoms with Crippen LogP contribution >= 0.6 is 0 Å². The quantitative estimate of drug-likeness (QED) is 0.758. The number of hydrogen-bond donors (Lipinski definition) is 3. The maximum Gasteiger partial charge on any atom is 0.303 e. The Morgan fingerprint density at radius 2 is 1.29 bits per heavy atom. The van der Waals surface area contributed by atoms with Gasteiger partial charge in [0.1, 0.15) is 0 Å². The van der Waals surface area contributed by atoms with Gasteiger partial charge in [0.15, 0.2) is 0 Å². The molecule has 5 heteroatoms. The molecule has 0 aliphatic heterocycles. The van der Waals surface area contributed by atoms with E-state index in [0.29, 0.717) is 12.8 Å². The fourth-order valence-electron chi connectivity index (χ4n) is 0.706. The Labute approximate surface area is 101 Å². The number of hydrogen-bond acceptors (Lipinski definition) is 2. The summed E-state index contributed by atoms with van der Waals surface area (Å²) in [6.45, 7) is 3.68. The first-order valence-corrected chi connectivity index (χ1v) is 5.55. The average Bonchev–Trinajstić information content (AvgIpc) is 2.75. The molecular weight excluding hydrogens is 222 g/mol. The smallest absolute Gasteiger partial charge is 0.303 e. The largest absolute Gasteiger partial charge is 0.481 e. The van der Waals surface area contributed by atoms with Crippen molar-refractivity contribution in [3.8, 4) is 0 Å². The zero-order chi connectivity index (χ0) is 13.5. The van der Waals surface area contributed by atoms with E-state index in [1.54, 1.807) is 0 Å². The van der Waals surface area contributed by atoms with Crippen molar-refractivity contribution in [1.29, 1.82) is 0 Å². The van der Waals surface area contributed by atoms with Crippen LogP contribution in [0.4, 0.5) is 0 Å². The van der Waals surface area contributed by atoms with Gasteiger partial charge in [0.25, 0.3) is 0 Å². The first-order chi connectivity index (χ1) is 8.04. The number of H-pyrrole nitrogens is 1. The lowest BCUT2D eigenvalue weighted by molar-refractivity contribution is -0.138. The van der Waals surface area contributed by atoms with Crippen molar-refractivity contribution in [2.45, 2.75) is 39.5 Å². The van der Waals surface area contributed by atoms with Gasteiger partial charge < -0.3 is 15.2 Å². The second-order valence-corrected chi connectivity index (χ2v) is 3.17. The second-order valence-electron chi connectivity index (χ2n) is 3.17. The Morgan fingerprint density at radius 3 is 1.35 bits per heavy atom. The van der Waals surface area contributed by atoms with E-state index in [2.05, 4.69) is 4.98 Å². The first kappa shape index (κ1) is 17.6. The van der Waals surface area contributed by atoms with Crippen molar-refractivity contribution >= 4 is 11.9 Å². The van der Waals surface area contributed by atoms with Crippen molar-refractivity contribution in [2.24, 2.45) is 0 Å². The molecule has 5 nitrogen and oxygen atoms in total. The van der Waals surface area contributed by atoms with Crippen LogP contribution in [0, 0.1) is 0 Å². The van der Waals surface area contributed by atoms with Crippen molar-refractivity contribution < 1.29 is 19.8 Å². The van der Waals surface area contributed by atoms with Crippen molar-refractivity contribution in [2.75, 3.05) is 0 Å². The van der Waals surface area contributed by atoms with Crippen molar-refractivity contribution in [3.63, 3.8) is 0 Å². The third-order valence-corrected chi connectivity index (χ3v) is 1.42. The molecule has 0 atom stereocenters. The summed E-state index contributed by atoms with van der Waals surface area (Å²) in [5, 5.41) is 15.8. The molecule has 3 N–H and O–H groups in total. The molecule has 0 radical (unpaired) electrons. The molecule has 0 aromatic carbocycles. The number of aromatic nitrogens is 1. The molecule has 17 heavy (non-hydrogen) atoms. The Bertz CT molecular complexity index is 237. The Morgan fingerprint density at radius 1 is 0.941 bits per heavy atom. The van der Waals surface area contributed by atoms with Crippen LogP contribution in [-0.4, -0.2) is 27.1 Å². The predicted octanol–water partition coefficient (Wildman–Crippen LogP) is 2.76. The molecule has 0 spiro atoms. The molecule has 98 valence electrons. The SMILES string of the molecule is CCCC(=O)O.CCCC(=O)O.c1cc[nH]c1. The highest BCUT2D eigenvalue weighted by Gasteiger charge is 1.88. The summed E-state index contributed by atoms with van der Waals surface area (Å²) < 4.78 is 0. The Hall–Kier alpha value is -1.78. The third kappa shape index (κ3) is 25.0. The van der Waals surface area contributed by atoms with Gasteiger partial charge in [0, 0.05) is 25.2 Å². The molecule has 0 saturated heterocycles. The Kier molecular flexibility index (Phi) is 14.7. The molecule has 1 heterocycles. The van der Waals surface area contributed by atoms with E-state index in [0.717, 1.165) is 12.8 Å². The molecule has 0 saturated carbocycles. The van der Waals surface area contributed by atoms with Crippen LogP contribution in [-0.2, 0) is 9.59 Å². The number of nitrogens with one attached hydrogen (secondary N) is 1. The standard InChI is InChI=1S/C4H5N.2C4H8O2/c1-2-4-5-3-1;2*1-2-3-4(5)6/h1-5H;2*2-3H2,1H3,(H,5,6). The lowest BCUT2D eigenvalue weighted by Gasteiger charge is -1.79. The van der Waals surface area contributed by atoms with Gasteiger partial charge in [-0.15, -0.1) is 0 Å². The monoisotopic (exact) mass is 243 g/mol. The van der Waals surface area contributed by atoms with Gasteiger partial charge in [-0.3, -0.25) is 9.59 Å².